The highest BCUT2D eigenvalue weighted by Crippen LogP contribution is 2.58. The summed E-state index contributed by atoms with van der Waals surface area (Å²) in [5.74, 6) is 0. The van der Waals surface area contributed by atoms with Crippen LogP contribution in [0.3, 0.4) is 0 Å². The minimum absolute atomic E-state index is 0.623. The summed E-state index contributed by atoms with van der Waals surface area (Å²) < 4.78 is 7.34. The summed E-state index contributed by atoms with van der Waals surface area (Å²) in [7, 11) is 0. The second-order valence-electron chi connectivity index (χ2n) is 18.7. The Balaban J connectivity index is 1.03. The first kappa shape index (κ1) is 39.5. The van der Waals surface area contributed by atoms with Gasteiger partial charge in [0, 0.05) is 44.2 Å². The second kappa shape index (κ2) is 15.3. The third kappa shape index (κ3) is 5.60. The first-order chi connectivity index (χ1) is 35.3. The van der Waals surface area contributed by atoms with Crippen LogP contribution in [0.1, 0.15) is 22.3 Å². The van der Waals surface area contributed by atoms with Crippen molar-refractivity contribution in [3.8, 4) is 17.1 Å². The van der Waals surface area contributed by atoms with Crippen LogP contribution in [0.2, 0.25) is 0 Å². The maximum absolute atomic E-state index is 4.92. The Morgan fingerprint density at radius 1 is 0.282 bits per heavy atom. The lowest BCUT2D eigenvalue weighted by Crippen LogP contribution is -2.37. The van der Waals surface area contributed by atoms with E-state index < -0.39 is 5.41 Å². The van der Waals surface area contributed by atoms with Crippen LogP contribution in [0.15, 0.2) is 261 Å². The monoisotopic (exact) mass is 905 g/mol. The zero-order valence-electron chi connectivity index (χ0n) is 38.6. The summed E-state index contributed by atoms with van der Waals surface area (Å²) in [5, 5.41) is 7.33. The lowest BCUT2D eigenvalue weighted by molar-refractivity contribution is 0.729. The highest BCUT2D eigenvalue weighted by molar-refractivity contribution is 6.13. The van der Waals surface area contributed by atoms with Crippen molar-refractivity contribution in [3.05, 3.63) is 283 Å². The van der Waals surface area contributed by atoms with Crippen molar-refractivity contribution in [1.82, 2.24) is 18.7 Å². The fourth-order valence-corrected chi connectivity index (χ4v) is 12.3. The molecule has 4 aromatic heterocycles. The van der Waals surface area contributed by atoms with Gasteiger partial charge in [0.15, 0.2) is 0 Å². The Kier molecular flexibility index (Phi) is 8.51. The van der Waals surface area contributed by atoms with Gasteiger partial charge in [0.2, 0.25) is 0 Å². The van der Waals surface area contributed by atoms with Crippen LogP contribution < -0.4 is 4.90 Å². The van der Waals surface area contributed by atoms with Gasteiger partial charge in [0.1, 0.15) is 0 Å². The smallest absolute Gasteiger partial charge is 0.0743 e. The molecule has 0 saturated carbocycles. The van der Waals surface area contributed by atoms with Crippen LogP contribution in [0.25, 0.3) is 82.5 Å². The van der Waals surface area contributed by atoms with Crippen LogP contribution in [-0.4, -0.2) is 18.7 Å². The van der Waals surface area contributed by atoms with Gasteiger partial charge in [-0.1, -0.05) is 170 Å². The third-order valence-electron chi connectivity index (χ3n) is 15.1. The first-order valence-electron chi connectivity index (χ1n) is 24.4. The average Bonchev–Trinajstić information content (AvgIpc) is 4.08. The van der Waals surface area contributed by atoms with Gasteiger partial charge in [0.05, 0.1) is 73.1 Å². The molecular formula is C66H43N5. The number of nitrogens with zero attached hydrogens (tertiary/aromatic N) is 5. The molecule has 71 heavy (non-hydrogen) atoms. The molecule has 0 unspecified atom stereocenters. The number of pyridine rings is 1. The van der Waals surface area contributed by atoms with E-state index >= 15 is 0 Å². The van der Waals surface area contributed by atoms with Gasteiger partial charge in [-0.2, -0.15) is 0 Å². The summed E-state index contributed by atoms with van der Waals surface area (Å²) >= 11 is 0. The van der Waals surface area contributed by atoms with Gasteiger partial charge in [-0.3, -0.25) is 4.98 Å². The predicted molar refractivity (Wildman–Crippen MR) is 294 cm³/mol. The van der Waals surface area contributed by atoms with E-state index in [0.29, 0.717) is 0 Å². The summed E-state index contributed by atoms with van der Waals surface area (Å²) in [5.41, 5.74) is 17.5. The Hall–Kier alpha value is -9.45. The molecule has 5 nitrogen and oxygen atoms in total. The van der Waals surface area contributed by atoms with Crippen molar-refractivity contribution in [3.63, 3.8) is 0 Å². The molecule has 0 spiro atoms. The van der Waals surface area contributed by atoms with Crippen molar-refractivity contribution in [2.24, 2.45) is 0 Å². The molecule has 1 aliphatic rings. The molecule has 0 amide bonds. The van der Waals surface area contributed by atoms with Crippen molar-refractivity contribution in [2.45, 2.75) is 5.41 Å². The average molecular weight is 906 g/mol. The van der Waals surface area contributed by atoms with Gasteiger partial charge < -0.3 is 18.6 Å². The molecule has 0 atom stereocenters. The molecule has 0 aliphatic carbocycles. The molecule has 15 rings (SSSR count). The molecule has 0 saturated heterocycles. The Morgan fingerprint density at radius 3 is 1.20 bits per heavy atom. The minimum Gasteiger partial charge on any atom is -0.309 e. The Morgan fingerprint density at radius 2 is 0.676 bits per heavy atom. The molecule has 5 heterocycles. The van der Waals surface area contributed by atoms with E-state index in [1.54, 1.807) is 0 Å². The summed E-state index contributed by atoms with van der Waals surface area (Å²) in [6.45, 7) is 0. The van der Waals surface area contributed by atoms with Crippen molar-refractivity contribution in [2.75, 3.05) is 4.90 Å². The number of anilines is 3. The molecule has 0 fully saturated rings. The maximum atomic E-state index is 4.92. The standard InChI is InChI=1S/C66H43N5/c1-3-19-44(20-4-1)66(45-21-5-2-6-22-45)56-28-12-18-34-64(56)71(65-43-67-38-37-57(65)66)49-40-47(69-60-31-15-9-25-52(60)53-26-10-16-32-61(53)69)39-48(41-49)70-62-33-17-11-27-54(62)55-42-46(35-36-63(55)70)68-58-29-13-7-23-50(58)51-24-8-14-30-59(51)68/h1-43H. The fraction of sp³-hybridized carbons (Fsp3) is 0.0152. The highest BCUT2D eigenvalue weighted by Gasteiger charge is 2.46. The number of benzene rings is 10. The normalized spacial score (nSPS) is 13.2. The number of rotatable bonds is 6. The van der Waals surface area contributed by atoms with E-state index in [4.69, 9.17) is 4.98 Å². The zero-order valence-corrected chi connectivity index (χ0v) is 38.6. The number of hydrogen-bond acceptors (Lipinski definition) is 2. The second-order valence-corrected chi connectivity index (χ2v) is 18.7. The van der Waals surface area contributed by atoms with Crippen molar-refractivity contribution in [1.29, 1.82) is 0 Å². The van der Waals surface area contributed by atoms with E-state index in [0.717, 1.165) is 56.2 Å². The number of para-hydroxylation sites is 6. The molecule has 1 aliphatic heterocycles. The summed E-state index contributed by atoms with van der Waals surface area (Å²) in [6.07, 6.45) is 4.02. The van der Waals surface area contributed by atoms with Gasteiger partial charge in [-0.25, -0.2) is 0 Å². The molecule has 10 aromatic carbocycles. The molecule has 14 aromatic rings. The molecule has 5 heteroatoms. The van der Waals surface area contributed by atoms with Crippen molar-refractivity contribution >= 4 is 82.5 Å². The summed E-state index contributed by atoms with van der Waals surface area (Å²) in [6, 6.07) is 91.3. The van der Waals surface area contributed by atoms with Gasteiger partial charge in [-0.15, -0.1) is 0 Å². The number of fused-ring (bicyclic) bond motifs is 11. The highest BCUT2D eigenvalue weighted by atomic mass is 15.2. The van der Waals surface area contributed by atoms with Crippen LogP contribution in [0, 0.1) is 0 Å². The van der Waals surface area contributed by atoms with Crippen LogP contribution >= 0.6 is 0 Å². The summed E-state index contributed by atoms with van der Waals surface area (Å²) in [4.78, 5) is 7.38. The van der Waals surface area contributed by atoms with E-state index in [2.05, 4.69) is 274 Å². The van der Waals surface area contributed by atoms with Crippen LogP contribution in [0.5, 0.6) is 0 Å². The molecule has 0 radical (unpaired) electrons. The van der Waals surface area contributed by atoms with Gasteiger partial charge in [-0.05, 0) is 101 Å². The van der Waals surface area contributed by atoms with Crippen molar-refractivity contribution < 1.29 is 0 Å². The van der Waals surface area contributed by atoms with Gasteiger partial charge >= 0.3 is 0 Å². The largest absolute Gasteiger partial charge is 0.309 e. The van der Waals surface area contributed by atoms with E-state index in [-0.39, 0.29) is 0 Å². The lowest BCUT2D eigenvalue weighted by atomic mass is 9.62. The predicted octanol–water partition coefficient (Wildman–Crippen LogP) is 16.5. The molecule has 0 N–H and O–H groups in total. The van der Waals surface area contributed by atoms with E-state index in [9.17, 15) is 0 Å². The zero-order chi connectivity index (χ0) is 46.6. The first-order valence-corrected chi connectivity index (χ1v) is 24.4. The molecule has 332 valence electrons. The molecular weight excluding hydrogens is 863 g/mol. The quantitative estimate of drug-likeness (QED) is 0.166. The lowest BCUT2D eigenvalue weighted by Gasteiger charge is -2.46. The number of hydrogen-bond donors (Lipinski definition) is 0. The van der Waals surface area contributed by atoms with Crippen LogP contribution in [0.4, 0.5) is 17.1 Å². The van der Waals surface area contributed by atoms with Crippen LogP contribution in [-0.2, 0) is 5.41 Å². The Bertz CT molecular complexity index is 4230. The van der Waals surface area contributed by atoms with Gasteiger partial charge in [0.25, 0.3) is 0 Å². The maximum Gasteiger partial charge on any atom is 0.0743 e. The Labute approximate surface area is 410 Å². The third-order valence-corrected chi connectivity index (χ3v) is 15.1. The van der Waals surface area contributed by atoms with E-state index in [1.807, 2.05) is 6.20 Å². The fourth-order valence-electron chi connectivity index (χ4n) is 12.3. The SMILES string of the molecule is c1ccc(C2(c3ccccc3)c3ccccc3N(c3cc(-n4c5ccccc5c5ccccc54)cc(-n4c5ccccc5c5cc(-n6c7ccccc7c7ccccc76)ccc54)c3)c3cnccc32)cc1. The molecule has 0 bridgehead atoms. The minimum atomic E-state index is -0.623. The van der Waals surface area contributed by atoms with E-state index in [1.165, 1.54) is 65.6 Å². The number of aromatic nitrogens is 4. The topological polar surface area (TPSA) is 30.9 Å².